The fraction of sp³-hybridized carbons (Fsp3) is 0.867. The van der Waals surface area contributed by atoms with Gasteiger partial charge in [-0.1, -0.05) is 20.8 Å². The van der Waals surface area contributed by atoms with Crippen molar-refractivity contribution >= 4 is 11.9 Å². The van der Waals surface area contributed by atoms with Gasteiger partial charge in [0.2, 0.25) is 5.91 Å². The van der Waals surface area contributed by atoms with E-state index in [0.717, 1.165) is 12.8 Å². The molecule has 1 atom stereocenters. The molecule has 0 saturated carbocycles. The maximum absolute atomic E-state index is 11.9. The number of ether oxygens (including phenoxy) is 1. The molecule has 0 aromatic heterocycles. The van der Waals surface area contributed by atoms with Gasteiger partial charge < -0.3 is 10.1 Å². The van der Waals surface area contributed by atoms with Crippen LogP contribution in [0.1, 0.15) is 47.5 Å². The Morgan fingerprint density at radius 3 is 2.25 bits per heavy atom. The van der Waals surface area contributed by atoms with Gasteiger partial charge in [0, 0.05) is 6.04 Å². The van der Waals surface area contributed by atoms with E-state index in [-0.39, 0.29) is 31.0 Å². The minimum absolute atomic E-state index is 0.0348. The van der Waals surface area contributed by atoms with E-state index in [1.165, 1.54) is 0 Å². The summed E-state index contributed by atoms with van der Waals surface area (Å²) in [6.07, 6.45) is 2.08. The largest absolute Gasteiger partial charge is 0.465 e. The number of likely N-dealkylation sites (N-methyl/N-ethyl adjacent to an activating group) is 1. The first kappa shape index (κ1) is 18.9. The molecule has 0 rings (SSSR count). The molecular formula is C15H30N2O3. The molecule has 5 nitrogen and oxygen atoms in total. The van der Waals surface area contributed by atoms with Gasteiger partial charge in [0.25, 0.3) is 0 Å². The van der Waals surface area contributed by atoms with Crippen LogP contribution in [0.4, 0.5) is 0 Å². The molecule has 0 aromatic rings. The highest BCUT2D eigenvalue weighted by molar-refractivity contribution is 5.79. The number of amides is 1. The summed E-state index contributed by atoms with van der Waals surface area (Å²) in [5.74, 6) is 0.327. The van der Waals surface area contributed by atoms with Crippen LogP contribution < -0.4 is 5.32 Å². The Bertz CT molecular complexity index is 293. The second-order valence-corrected chi connectivity index (χ2v) is 5.55. The monoisotopic (exact) mass is 286 g/mol. The second-order valence-electron chi connectivity index (χ2n) is 5.55. The van der Waals surface area contributed by atoms with Crippen molar-refractivity contribution in [2.45, 2.75) is 53.5 Å². The van der Waals surface area contributed by atoms with E-state index >= 15 is 0 Å². The van der Waals surface area contributed by atoms with E-state index < -0.39 is 0 Å². The maximum Gasteiger partial charge on any atom is 0.320 e. The van der Waals surface area contributed by atoms with Crippen LogP contribution in [0.5, 0.6) is 0 Å². The Hall–Kier alpha value is -1.10. The zero-order valence-corrected chi connectivity index (χ0v) is 13.6. The van der Waals surface area contributed by atoms with Crippen molar-refractivity contribution in [2.24, 2.45) is 5.92 Å². The van der Waals surface area contributed by atoms with Crippen LogP contribution in [0.3, 0.4) is 0 Å². The van der Waals surface area contributed by atoms with Gasteiger partial charge in [-0.05, 0) is 39.2 Å². The maximum atomic E-state index is 11.9. The zero-order chi connectivity index (χ0) is 15.5. The number of hydrogen-bond acceptors (Lipinski definition) is 4. The molecule has 0 aliphatic carbocycles. The number of nitrogens with zero attached hydrogens (tertiary/aromatic N) is 1. The van der Waals surface area contributed by atoms with E-state index in [2.05, 4.69) is 19.2 Å². The Morgan fingerprint density at radius 2 is 1.75 bits per heavy atom. The second kappa shape index (κ2) is 10.7. The molecule has 5 heteroatoms. The molecule has 1 N–H and O–H groups in total. The third-order valence-electron chi connectivity index (χ3n) is 3.06. The standard InChI is InChI=1S/C15H30N2O3/c1-6-17(11-15(19)20-7-2)10-14(18)16-13(5)9-8-12(3)4/h12-13H,6-11H2,1-5H3,(H,16,18). The summed E-state index contributed by atoms with van der Waals surface area (Å²) < 4.78 is 4.89. The van der Waals surface area contributed by atoms with Gasteiger partial charge in [0.05, 0.1) is 19.7 Å². The molecule has 0 radical (unpaired) electrons. The van der Waals surface area contributed by atoms with E-state index in [9.17, 15) is 9.59 Å². The van der Waals surface area contributed by atoms with Crippen molar-refractivity contribution < 1.29 is 14.3 Å². The zero-order valence-electron chi connectivity index (χ0n) is 13.6. The van der Waals surface area contributed by atoms with Gasteiger partial charge in [-0.3, -0.25) is 14.5 Å². The average Bonchev–Trinajstić information content (AvgIpc) is 2.35. The van der Waals surface area contributed by atoms with Crippen LogP contribution in [-0.4, -0.2) is 49.1 Å². The number of rotatable bonds is 10. The Balaban J connectivity index is 4.05. The molecule has 0 aromatic carbocycles. The van der Waals surface area contributed by atoms with E-state index in [4.69, 9.17) is 4.74 Å². The Morgan fingerprint density at radius 1 is 1.10 bits per heavy atom. The topological polar surface area (TPSA) is 58.6 Å². The number of carbonyl (C=O) groups excluding carboxylic acids is 2. The lowest BCUT2D eigenvalue weighted by Crippen LogP contribution is -2.43. The first-order valence-electron chi connectivity index (χ1n) is 7.56. The highest BCUT2D eigenvalue weighted by Crippen LogP contribution is 2.06. The number of esters is 1. The SMILES string of the molecule is CCOC(=O)CN(CC)CC(=O)NC(C)CCC(C)C. The van der Waals surface area contributed by atoms with Gasteiger partial charge in [-0.25, -0.2) is 0 Å². The van der Waals surface area contributed by atoms with Crippen LogP contribution in [0.2, 0.25) is 0 Å². The quantitative estimate of drug-likeness (QED) is 0.622. The van der Waals surface area contributed by atoms with Crippen LogP contribution in [0.15, 0.2) is 0 Å². The fourth-order valence-corrected chi connectivity index (χ4v) is 1.85. The van der Waals surface area contributed by atoms with Crippen LogP contribution in [0.25, 0.3) is 0 Å². The van der Waals surface area contributed by atoms with E-state index in [1.54, 1.807) is 11.8 Å². The lowest BCUT2D eigenvalue weighted by atomic mass is 10.0. The molecule has 1 unspecified atom stereocenters. The van der Waals surface area contributed by atoms with Crippen molar-refractivity contribution in [3.63, 3.8) is 0 Å². The molecular weight excluding hydrogens is 256 g/mol. The predicted molar refractivity (Wildman–Crippen MR) is 80.4 cm³/mol. The van der Waals surface area contributed by atoms with E-state index in [1.807, 2.05) is 13.8 Å². The van der Waals surface area contributed by atoms with Crippen LogP contribution in [-0.2, 0) is 14.3 Å². The smallest absolute Gasteiger partial charge is 0.320 e. The normalized spacial score (nSPS) is 12.6. The minimum atomic E-state index is -0.282. The van der Waals surface area contributed by atoms with E-state index in [0.29, 0.717) is 19.1 Å². The summed E-state index contributed by atoms with van der Waals surface area (Å²) in [4.78, 5) is 25.1. The predicted octanol–water partition coefficient (Wildman–Crippen LogP) is 1.81. The molecule has 0 saturated heterocycles. The van der Waals surface area contributed by atoms with Crippen molar-refractivity contribution in [1.82, 2.24) is 10.2 Å². The van der Waals surface area contributed by atoms with Crippen molar-refractivity contribution in [3.8, 4) is 0 Å². The summed E-state index contributed by atoms with van der Waals surface area (Å²) in [6, 6.07) is 0.172. The average molecular weight is 286 g/mol. The molecule has 0 heterocycles. The number of nitrogens with one attached hydrogen (secondary N) is 1. The molecule has 20 heavy (non-hydrogen) atoms. The highest BCUT2D eigenvalue weighted by Gasteiger charge is 2.15. The molecule has 0 aliphatic rings. The molecule has 0 fully saturated rings. The highest BCUT2D eigenvalue weighted by atomic mass is 16.5. The lowest BCUT2D eigenvalue weighted by molar-refractivity contribution is -0.144. The summed E-state index contributed by atoms with van der Waals surface area (Å²) in [5.41, 5.74) is 0. The molecule has 118 valence electrons. The summed E-state index contributed by atoms with van der Waals surface area (Å²) in [7, 11) is 0. The van der Waals surface area contributed by atoms with Gasteiger partial charge in [-0.2, -0.15) is 0 Å². The van der Waals surface area contributed by atoms with Crippen LogP contribution in [0, 0.1) is 5.92 Å². The van der Waals surface area contributed by atoms with Crippen molar-refractivity contribution in [3.05, 3.63) is 0 Å². The summed E-state index contributed by atoms with van der Waals surface area (Å²) in [6.45, 7) is 11.5. The van der Waals surface area contributed by atoms with Gasteiger partial charge in [0.15, 0.2) is 0 Å². The molecule has 0 bridgehead atoms. The number of carbonyl (C=O) groups is 2. The van der Waals surface area contributed by atoms with Crippen molar-refractivity contribution in [1.29, 1.82) is 0 Å². The third-order valence-corrected chi connectivity index (χ3v) is 3.06. The Labute approximate surface area is 123 Å². The lowest BCUT2D eigenvalue weighted by Gasteiger charge is -2.21. The van der Waals surface area contributed by atoms with Gasteiger partial charge >= 0.3 is 5.97 Å². The Kier molecular flexibility index (Phi) is 10.1. The third kappa shape index (κ3) is 9.78. The minimum Gasteiger partial charge on any atom is -0.465 e. The fourth-order valence-electron chi connectivity index (χ4n) is 1.85. The summed E-state index contributed by atoms with van der Waals surface area (Å²) >= 11 is 0. The van der Waals surface area contributed by atoms with Crippen molar-refractivity contribution in [2.75, 3.05) is 26.2 Å². The van der Waals surface area contributed by atoms with Crippen LogP contribution >= 0.6 is 0 Å². The van der Waals surface area contributed by atoms with Gasteiger partial charge in [-0.15, -0.1) is 0 Å². The molecule has 0 spiro atoms. The van der Waals surface area contributed by atoms with Gasteiger partial charge in [0.1, 0.15) is 0 Å². The first-order valence-corrected chi connectivity index (χ1v) is 7.56. The first-order chi connectivity index (χ1) is 9.38. The number of hydrogen-bond donors (Lipinski definition) is 1. The molecule has 0 aliphatic heterocycles. The summed E-state index contributed by atoms with van der Waals surface area (Å²) in [5, 5.41) is 2.97. The molecule has 1 amide bonds.